The third-order valence-corrected chi connectivity index (χ3v) is 4.91. The summed E-state index contributed by atoms with van der Waals surface area (Å²) in [6, 6.07) is 15.1. The SMILES string of the molecule is CCOC(=O)C(=NNc1ccc(Br)cc1)Sc1nnnn1-c1ccc(C)cc1. The fraction of sp³-hybridized carbons (Fsp3) is 0.167. The maximum atomic E-state index is 12.3. The Kier molecular flexibility index (Phi) is 6.77. The summed E-state index contributed by atoms with van der Waals surface area (Å²) >= 11 is 4.40. The van der Waals surface area contributed by atoms with Crippen LogP contribution in [-0.2, 0) is 9.53 Å². The number of tetrazole rings is 1. The molecule has 0 bridgehead atoms. The van der Waals surface area contributed by atoms with Crippen molar-refractivity contribution < 1.29 is 9.53 Å². The first kappa shape index (κ1) is 20.0. The van der Waals surface area contributed by atoms with Crippen molar-refractivity contribution in [3.8, 4) is 5.69 Å². The molecule has 2 aromatic carbocycles. The largest absolute Gasteiger partial charge is 0.461 e. The molecule has 8 nitrogen and oxygen atoms in total. The van der Waals surface area contributed by atoms with Crippen LogP contribution in [0.1, 0.15) is 12.5 Å². The Hall–Kier alpha value is -2.72. The normalized spacial score (nSPS) is 11.3. The smallest absolute Gasteiger partial charge is 0.365 e. The molecule has 0 spiro atoms. The third kappa shape index (κ3) is 5.17. The van der Waals surface area contributed by atoms with Gasteiger partial charge in [-0.2, -0.15) is 9.78 Å². The molecule has 0 aliphatic heterocycles. The molecule has 0 unspecified atom stereocenters. The van der Waals surface area contributed by atoms with Gasteiger partial charge >= 0.3 is 5.97 Å². The molecule has 0 saturated carbocycles. The topological polar surface area (TPSA) is 94.3 Å². The number of thioether (sulfide) groups is 1. The molecule has 1 aromatic heterocycles. The van der Waals surface area contributed by atoms with Crippen LogP contribution in [0.4, 0.5) is 5.69 Å². The Bertz CT molecular complexity index is 973. The van der Waals surface area contributed by atoms with Gasteiger partial charge in [-0.25, -0.2) is 4.79 Å². The highest BCUT2D eigenvalue weighted by Crippen LogP contribution is 2.21. The van der Waals surface area contributed by atoms with Crippen molar-refractivity contribution in [3.63, 3.8) is 0 Å². The van der Waals surface area contributed by atoms with E-state index >= 15 is 0 Å². The minimum atomic E-state index is -0.560. The number of nitrogens with zero attached hydrogens (tertiary/aromatic N) is 5. The number of hydrazone groups is 1. The average Bonchev–Trinajstić information content (AvgIpc) is 3.15. The molecule has 1 N–H and O–H groups in total. The van der Waals surface area contributed by atoms with E-state index in [1.54, 1.807) is 11.6 Å². The number of aryl methyl sites for hydroxylation is 1. The zero-order valence-corrected chi connectivity index (χ0v) is 17.6. The Labute approximate surface area is 174 Å². The number of aromatic nitrogens is 4. The van der Waals surface area contributed by atoms with E-state index in [1.807, 2.05) is 55.5 Å². The number of rotatable bonds is 5. The molecule has 144 valence electrons. The standard InChI is InChI=1S/C18H17BrN6O2S/c1-3-27-17(26)16(21-20-14-8-6-13(19)7-9-14)28-18-22-23-24-25(18)15-10-4-12(2)5-11-15/h4-11,20H,3H2,1-2H3. The van der Waals surface area contributed by atoms with E-state index in [4.69, 9.17) is 4.74 Å². The minimum absolute atomic E-state index is 0.0907. The number of carbonyl (C=O) groups excluding carboxylic acids is 1. The fourth-order valence-electron chi connectivity index (χ4n) is 2.12. The lowest BCUT2D eigenvalue weighted by Gasteiger charge is -2.07. The van der Waals surface area contributed by atoms with Crippen LogP contribution in [0.5, 0.6) is 0 Å². The zero-order valence-electron chi connectivity index (χ0n) is 15.2. The Morgan fingerprint density at radius 1 is 1.21 bits per heavy atom. The first-order valence-corrected chi connectivity index (χ1v) is 9.97. The molecule has 0 amide bonds. The van der Waals surface area contributed by atoms with Gasteiger partial charge in [0.05, 0.1) is 18.0 Å². The van der Waals surface area contributed by atoms with Gasteiger partial charge in [-0.3, -0.25) is 5.43 Å². The summed E-state index contributed by atoms with van der Waals surface area (Å²) < 4.78 is 7.59. The monoisotopic (exact) mass is 460 g/mol. The lowest BCUT2D eigenvalue weighted by atomic mass is 10.2. The molecule has 3 rings (SSSR count). The third-order valence-electron chi connectivity index (χ3n) is 3.49. The number of hydrogen-bond donors (Lipinski definition) is 1. The maximum Gasteiger partial charge on any atom is 0.365 e. The Morgan fingerprint density at radius 3 is 2.61 bits per heavy atom. The molecule has 0 aliphatic carbocycles. The lowest BCUT2D eigenvalue weighted by molar-refractivity contribution is -0.134. The molecule has 0 radical (unpaired) electrons. The van der Waals surface area contributed by atoms with Crippen LogP contribution in [0.15, 0.2) is 63.3 Å². The van der Waals surface area contributed by atoms with E-state index in [0.717, 1.165) is 33.2 Å². The van der Waals surface area contributed by atoms with E-state index in [-0.39, 0.29) is 11.7 Å². The molecule has 28 heavy (non-hydrogen) atoms. The summed E-state index contributed by atoms with van der Waals surface area (Å²) in [5.74, 6) is -0.560. The summed E-state index contributed by atoms with van der Waals surface area (Å²) in [6.07, 6.45) is 0. The number of anilines is 1. The van der Waals surface area contributed by atoms with Crippen LogP contribution in [-0.4, -0.2) is 37.8 Å². The van der Waals surface area contributed by atoms with E-state index in [0.29, 0.717) is 5.16 Å². The molecule has 0 aliphatic rings. The highest BCUT2D eigenvalue weighted by molar-refractivity contribution is 9.10. The van der Waals surface area contributed by atoms with Crippen molar-refractivity contribution in [1.29, 1.82) is 0 Å². The van der Waals surface area contributed by atoms with Crippen LogP contribution in [0.3, 0.4) is 0 Å². The highest BCUT2D eigenvalue weighted by atomic mass is 79.9. The Balaban J connectivity index is 1.85. The first-order valence-electron chi connectivity index (χ1n) is 8.36. The average molecular weight is 461 g/mol. The number of esters is 1. The summed E-state index contributed by atoms with van der Waals surface area (Å²) in [4.78, 5) is 12.3. The minimum Gasteiger partial charge on any atom is -0.461 e. The maximum absolute atomic E-state index is 12.3. The molecule has 0 fully saturated rings. The van der Waals surface area contributed by atoms with Crippen molar-refractivity contribution in [2.45, 2.75) is 19.0 Å². The van der Waals surface area contributed by atoms with Crippen LogP contribution in [0.2, 0.25) is 0 Å². The van der Waals surface area contributed by atoms with E-state index in [2.05, 4.69) is 42.0 Å². The molecular weight excluding hydrogens is 444 g/mol. The lowest BCUT2D eigenvalue weighted by Crippen LogP contribution is -2.17. The summed E-state index contributed by atoms with van der Waals surface area (Å²) in [7, 11) is 0. The molecule has 3 aromatic rings. The number of ether oxygens (including phenoxy) is 1. The second-order valence-electron chi connectivity index (χ2n) is 5.57. The van der Waals surface area contributed by atoms with Gasteiger partial charge in [-0.05, 0) is 72.4 Å². The number of benzene rings is 2. The van der Waals surface area contributed by atoms with E-state index in [1.165, 1.54) is 0 Å². The molecule has 10 heteroatoms. The molecule has 1 heterocycles. The van der Waals surface area contributed by atoms with Gasteiger partial charge in [0.15, 0.2) is 0 Å². The molecule has 0 atom stereocenters. The van der Waals surface area contributed by atoms with Crippen molar-refractivity contribution in [2.24, 2.45) is 5.10 Å². The zero-order chi connectivity index (χ0) is 19.9. The van der Waals surface area contributed by atoms with Gasteiger partial charge < -0.3 is 4.74 Å². The summed E-state index contributed by atoms with van der Waals surface area (Å²) in [5, 5.41) is 16.4. The van der Waals surface area contributed by atoms with Crippen LogP contribution in [0, 0.1) is 6.92 Å². The highest BCUT2D eigenvalue weighted by Gasteiger charge is 2.20. The fourth-order valence-corrected chi connectivity index (χ4v) is 3.10. The molecular formula is C18H17BrN6O2S. The van der Waals surface area contributed by atoms with E-state index in [9.17, 15) is 4.79 Å². The number of hydrogen-bond acceptors (Lipinski definition) is 8. The van der Waals surface area contributed by atoms with Gasteiger partial charge in [-0.1, -0.05) is 33.6 Å². The van der Waals surface area contributed by atoms with Gasteiger partial charge in [0.2, 0.25) is 10.2 Å². The van der Waals surface area contributed by atoms with Crippen LogP contribution in [0.25, 0.3) is 5.69 Å². The van der Waals surface area contributed by atoms with Gasteiger partial charge in [0.1, 0.15) is 0 Å². The number of carbonyl (C=O) groups is 1. The second-order valence-corrected chi connectivity index (χ2v) is 7.44. The van der Waals surface area contributed by atoms with Crippen molar-refractivity contribution >= 4 is 44.4 Å². The van der Waals surface area contributed by atoms with Gasteiger partial charge in [-0.15, -0.1) is 5.10 Å². The number of halogens is 1. The Morgan fingerprint density at radius 2 is 1.93 bits per heavy atom. The van der Waals surface area contributed by atoms with Crippen molar-refractivity contribution in [2.75, 3.05) is 12.0 Å². The predicted octanol–water partition coefficient (Wildman–Crippen LogP) is 3.81. The number of nitrogens with one attached hydrogen (secondary N) is 1. The first-order chi connectivity index (χ1) is 13.6. The quantitative estimate of drug-likeness (QED) is 0.203. The van der Waals surface area contributed by atoms with Gasteiger partial charge in [0.25, 0.3) is 0 Å². The summed E-state index contributed by atoms with van der Waals surface area (Å²) in [6.45, 7) is 3.97. The van der Waals surface area contributed by atoms with Crippen molar-refractivity contribution in [1.82, 2.24) is 20.2 Å². The predicted molar refractivity (Wildman–Crippen MR) is 112 cm³/mol. The van der Waals surface area contributed by atoms with Gasteiger partial charge in [0, 0.05) is 4.47 Å². The van der Waals surface area contributed by atoms with Crippen molar-refractivity contribution in [3.05, 3.63) is 58.6 Å². The van der Waals surface area contributed by atoms with Crippen LogP contribution < -0.4 is 5.43 Å². The van der Waals surface area contributed by atoms with E-state index < -0.39 is 5.97 Å². The molecule has 0 saturated heterocycles. The van der Waals surface area contributed by atoms with Crippen LogP contribution >= 0.6 is 27.7 Å². The second kappa shape index (κ2) is 9.47. The summed E-state index contributed by atoms with van der Waals surface area (Å²) in [5.41, 5.74) is 5.49.